The molecular formula is C31H37N3O3. The van der Waals surface area contributed by atoms with Crippen molar-refractivity contribution in [1.82, 2.24) is 14.9 Å². The highest BCUT2D eigenvalue weighted by Crippen LogP contribution is 2.23. The lowest BCUT2D eigenvalue weighted by molar-refractivity contribution is -0.121. The molecule has 0 saturated carbocycles. The largest absolute Gasteiger partial charge is 0.497 e. The Bertz CT molecular complexity index is 1300. The summed E-state index contributed by atoms with van der Waals surface area (Å²) in [7, 11) is 1.63. The van der Waals surface area contributed by atoms with E-state index in [0.717, 1.165) is 53.3 Å². The minimum Gasteiger partial charge on any atom is -0.497 e. The first-order chi connectivity index (χ1) is 18.0. The van der Waals surface area contributed by atoms with Gasteiger partial charge in [0.05, 0.1) is 37.2 Å². The van der Waals surface area contributed by atoms with Gasteiger partial charge < -0.3 is 19.4 Å². The first-order valence-electron chi connectivity index (χ1n) is 13.1. The van der Waals surface area contributed by atoms with E-state index in [2.05, 4.69) is 54.1 Å². The van der Waals surface area contributed by atoms with Crippen LogP contribution < -0.4 is 14.8 Å². The van der Waals surface area contributed by atoms with Crippen LogP contribution in [0.1, 0.15) is 62.5 Å². The molecule has 1 amide bonds. The summed E-state index contributed by atoms with van der Waals surface area (Å²) in [6, 6.07) is 23.8. The van der Waals surface area contributed by atoms with Gasteiger partial charge in [-0.2, -0.15) is 0 Å². The molecule has 4 aromatic rings. The van der Waals surface area contributed by atoms with Crippen molar-refractivity contribution in [2.45, 2.75) is 58.5 Å². The Kier molecular flexibility index (Phi) is 8.83. The first-order valence-corrected chi connectivity index (χ1v) is 13.1. The Labute approximate surface area is 219 Å². The van der Waals surface area contributed by atoms with Crippen molar-refractivity contribution < 1.29 is 14.3 Å². The van der Waals surface area contributed by atoms with Crippen LogP contribution in [-0.4, -0.2) is 29.2 Å². The molecule has 1 N–H and O–H groups in total. The number of benzene rings is 3. The van der Waals surface area contributed by atoms with Gasteiger partial charge in [0.2, 0.25) is 5.91 Å². The summed E-state index contributed by atoms with van der Waals surface area (Å²) in [5.41, 5.74) is 4.27. The van der Waals surface area contributed by atoms with Crippen LogP contribution in [0, 0.1) is 0 Å². The molecular weight excluding hydrogens is 462 g/mol. The summed E-state index contributed by atoms with van der Waals surface area (Å²) >= 11 is 0. The molecule has 0 saturated heterocycles. The van der Waals surface area contributed by atoms with E-state index in [1.165, 1.54) is 5.56 Å². The lowest BCUT2D eigenvalue weighted by atomic mass is 9.99. The van der Waals surface area contributed by atoms with E-state index in [0.29, 0.717) is 18.9 Å². The average molecular weight is 500 g/mol. The number of nitrogens with one attached hydrogen (secondary N) is 1. The van der Waals surface area contributed by atoms with E-state index in [4.69, 9.17) is 14.5 Å². The minimum atomic E-state index is -0.229. The summed E-state index contributed by atoms with van der Waals surface area (Å²) in [4.78, 5) is 17.6. The number of carbonyl (C=O) groups is 1. The number of hydrogen-bond donors (Lipinski definition) is 1. The van der Waals surface area contributed by atoms with Crippen molar-refractivity contribution in [2.75, 3.05) is 13.7 Å². The molecule has 4 rings (SSSR count). The van der Waals surface area contributed by atoms with Crippen LogP contribution in [0.2, 0.25) is 0 Å². The van der Waals surface area contributed by atoms with Gasteiger partial charge >= 0.3 is 0 Å². The molecule has 3 aromatic carbocycles. The van der Waals surface area contributed by atoms with E-state index >= 15 is 0 Å². The van der Waals surface area contributed by atoms with E-state index in [9.17, 15) is 4.79 Å². The van der Waals surface area contributed by atoms with Crippen molar-refractivity contribution in [3.8, 4) is 11.5 Å². The van der Waals surface area contributed by atoms with Gasteiger partial charge in [-0.05, 0) is 73.2 Å². The van der Waals surface area contributed by atoms with Crippen molar-refractivity contribution in [1.29, 1.82) is 0 Å². The highest BCUT2D eigenvalue weighted by molar-refractivity contribution is 5.79. The lowest BCUT2D eigenvalue weighted by Crippen LogP contribution is -2.30. The van der Waals surface area contributed by atoms with Gasteiger partial charge in [0.15, 0.2) is 0 Å². The zero-order valence-corrected chi connectivity index (χ0v) is 22.2. The number of nitrogens with zero attached hydrogens (tertiary/aromatic N) is 2. The third-order valence-electron chi connectivity index (χ3n) is 6.83. The van der Waals surface area contributed by atoms with Gasteiger partial charge in [0, 0.05) is 6.54 Å². The van der Waals surface area contributed by atoms with Crippen molar-refractivity contribution >= 4 is 16.9 Å². The summed E-state index contributed by atoms with van der Waals surface area (Å²) < 4.78 is 13.4. The van der Waals surface area contributed by atoms with Crippen LogP contribution in [0.25, 0.3) is 11.0 Å². The molecule has 0 aliphatic carbocycles. The molecule has 0 fully saturated rings. The van der Waals surface area contributed by atoms with Crippen LogP contribution in [0.5, 0.6) is 11.5 Å². The molecule has 194 valence electrons. The normalized spacial score (nSPS) is 12.8. The van der Waals surface area contributed by atoms with E-state index in [-0.39, 0.29) is 11.9 Å². The van der Waals surface area contributed by atoms with Crippen molar-refractivity contribution in [2.24, 2.45) is 0 Å². The lowest BCUT2D eigenvalue weighted by Gasteiger charge is -2.17. The number of carbonyl (C=O) groups excluding carboxylic acids is 1. The third kappa shape index (κ3) is 6.70. The number of aryl methyl sites for hydroxylation is 1. The molecule has 37 heavy (non-hydrogen) atoms. The predicted molar refractivity (Wildman–Crippen MR) is 148 cm³/mol. The van der Waals surface area contributed by atoms with Gasteiger partial charge in [0.1, 0.15) is 17.3 Å². The van der Waals surface area contributed by atoms with E-state index < -0.39 is 0 Å². The van der Waals surface area contributed by atoms with Crippen molar-refractivity contribution in [3.63, 3.8) is 0 Å². The fraction of sp³-hybridized carbons (Fsp3) is 0.355. The fourth-order valence-corrected chi connectivity index (χ4v) is 4.49. The number of para-hydroxylation sites is 2. The highest BCUT2D eigenvalue weighted by atomic mass is 16.5. The molecule has 1 aromatic heterocycles. The second-order valence-corrected chi connectivity index (χ2v) is 9.50. The van der Waals surface area contributed by atoms with Gasteiger partial charge in [-0.25, -0.2) is 4.98 Å². The summed E-state index contributed by atoms with van der Waals surface area (Å²) in [5.74, 6) is 3.03. The predicted octanol–water partition coefficient (Wildman–Crippen LogP) is 6.45. The monoisotopic (exact) mass is 499 g/mol. The van der Waals surface area contributed by atoms with Gasteiger partial charge in [0.25, 0.3) is 0 Å². The molecule has 6 nitrogen and oxygen atoms in total. The van der Waals surface area contributed by atoms with Crippen molar-refractivity contribution in [3.05, 3.63) is 89.7 Å². The maximum Gasteiger partial charge on any atom is 0.224 e. The quantitative estimate of drug-likeness (QED) is 0.228. The number of imidazole rings is 1. The Balaban J connectivity index is 1.38. The number of methoxy groups -OCH3 is 1. The second kappa shape index (κ2) is 12.4. The van der Waals surface area contributed by atoms with Gasteiger partial charge in [-0.15, -0.1) is 0 Å². The molecule has 0 radical (unpaired) electrons. The molecule has 2 atom stereocenters. The topological polar surface area (TPSA) is 65.4 Å². The van der Waals surface area contributed by atoms with Crippen LogP contribution in [-0.2, 0) is 17.8 Å². The maximum absolute atomic E-state index is 12.8. The number of aromatic nitrogens is 2. The number of amides is 1. The Hall–Kier alpha value is -3.80. The van der Waals surface area contributed by atoms with Gasteiger partial charge in [-0.3, -0.25) is 4.79 Å². The molecule has 1 heterocycles. The first kappa shape index (κ1) is 26.3. The van der Waals surface area contributed by atoms with E-state index in [1.54, 1.807) is 7.11 Å². The molecule has 0 aliphatic heterocycles. The Morgan fingerprint density at radius 3 is 2.38 bits per heavy atom. The molecule has 0 aliphatic rings. The number of rotatable bonds is 12. The van der Waals surface area contributed by atoms with Crippen LogP contribution in [0.15, 0.2) is 72.8 Å². The number of hydrogen-bond acceptors (Lipinski definition) is 4. The van der Waals surface area contributed by atoms with E-state index in [1.807, 2.05) is 49.4 Å². The molecule has 6 heteroatoms. The number of ether oxygens (including phenoxy) is 2. The third-order valence-corrected chi connectivity index (χ3v) is 6.83. The fourth-order valence-electron chi connectivity index (χ4n) is 4.49. The summed E-state index contributed by atoms with van der Waals surface area (Å²) in [6.07, 6.45) is 2.26. The Morgan fingerprint density at radius 2 is 1.68 bits per heavy atom. The van der Waals surface area contributed by atoms with Crippen LogP contribution >= 0.6 is 0 Å². The standard InChI is InChI=1S/C31H37N3O3/c1-5-22(2)25-13-17-27(18-14-25)37-20-8-19-34-29-10-7-6-9-28(29)33-31(34)23(3)32-30(35)21-24-11-15-26(36-4)16-12-24/h6-7,9-18,22-23H,5,8,19-21H2,1-4H3,(H,32,35). The zero-order chi connectivity index (χ0) is 26.2. The smallest absolute Gasteiger partial charge is 0.224 e. The Morgan fingerprint density at radius 1 is 0.973 bits per heavy atom. The molecule has 2 unspecified atom stereocenters. The average Bonchev–Trinajstić information content (AvgIpc) is 3.30. The SMILES string of the molecule is CCC(C)c1ccc(OCCCn2c(C(C)NC(=O)Cc3ccc(OC)cc3)nc3ccccc32)cc1. The number of fused-ring (bicyclic) bond motifs is 1. The molecule has 0 spiro atoms. The zero-order valence-electron chi connectivity index (χ0n) is 22.2. The van der Waals surface area contributed by atoms with Crippen LogP contribution in [0.4, 0.5) is 0 Å². The summed E-state index contributed by atoms with van der Waals surface area (Å²) in [6.45, 7) is 7.78. The highest BCUT2D eigenvalue weighted by Gasteiger charge is 2.18. The van der Waals surface area contributed by atoms with Gasteiger partial charge in [-0.1, -0.05) is 50.2 Å². The van der Waals surface area contributed by atoms with Crippen LogP contribution in [0.3, 0.4) is 0 Å². The maximum atomic E-state index is 12.8. The minimum absolute atomic E-state index is 0.0413. The molecule has 0 bridgehead atoms. The second-order valence-electron chi connectivity index (χ2n) is 9.50. The summed E-state index contributed by atoms with van der Waals surface area (Å²) in [5, 5.41) is 3.13.